The minimum absolute atomic E-state index is 0.609. The van der Waals surface area contributed by atoms with Crippen LogP contribution in [-0.2, 0) is 6.54 Å². The van der Waals surface area contributed by atoms with Crippen LogP contribution in [0.1, 0.15) is 20.3 Å². The van der Waals surface area contributed by atoms with E-state index in [9.17, 15) is 5.11 Å². The lowest BCUT2D eigenvalue weighted by Gasteiger charge is -2.17. The zero-order valence-corrected chi connectivity index (χ0v) is 11.2. The van der Waals surface area contributed by atoms with Crippen LogP contribution in [0.4, 0.5) is 0 Å². The molecule has 0 atom stereocenters. The third-order valence-electron chi connectivity index (χ3n) is 2.72. The van der Waals surface area contributed by atoms with Crippen molar-refractivity contribution in [2.24, 2.45) is 0 Å². The van der Waals surface area contributed by atoms with E-state index in [1.54, 1.807) is 0 Å². The minimum Gasteiger partial charge on any atom is -0.390 e. The van der Waals surface area contributed by atoms with Crippen molar-refractivity contribution in [1.29, 1.82) is 0 Å². The van der Waals surface area contributed by atoms with Crippen molar-refractivity contribution >= 4 is 26.8 Å². The Hall–Kier alpha value is -0.800. The Labute approximate surface area is 104 Å². The summed E-state index contributed by atoms with van der Waals surface area (Å²) in [5.41, 5.74) is 0.599. The number of aryl methyl sites for hydroxylation is 1. The second kappa shape index (κ2) is 4.22. The summed E-state index contributed by atoms with van der Waals surface area (Å²) in [6.07, 6.45) is 2.82. The fraction of sp³-hybridized carbons (Fsp3) is 0.385. The first kappa shape index (κ1) is 11.7. The van der Waals surface area contributed by atoms with Crippen LogP contribution >= 0.6 is 15.9 Å². The van der Waals surface area contributed by atoms with Crippen LogP contribution in [0.15, 0.2) is 34.9 Å². The van der Waals surface area contributed by atoms with Gasteiger partial charge < -0.3 is 9.67 Å². The van der Waals surface area contributed by atoms with E-state index in [1.165, 1.54) is 10.9 Å². The Morgan fingerprint density at radius 1 is 1.31 bits per heavy atom. The van der Waals surface area contributed by atoms with Gasteiger partial charge in [0.15, 0.2) is 0 Å². The monoisotopic (exact) mass is 281 g/mol. The van der Waals surface area contributed by atoms with E-state index in [1.807, 2.05) is 26.0 Å². The highest BCUT2D eigenvalue weighted by Crippen LogP contribution is 2.25. The van der Waals surface area contributed by atoms with E-state index in [4.69, 9.17) is 0 Å². The van der Waals surface area contributed by atoms with Gasteiger partial charge in [-0.2, -0.15) is 0 Å². The summed E-state index contributed by atoms with van der Waals surface area (Å²) >= 11 is 3.54. The summed E-state index contributed by atoms with van der Waals surface area (Å²) in [6, 6.07) is 8.28. The van der Waals surface area contributed by atoms with Gasteiger partial charge in [0.25, 0.3) is 0 Å². The summed E-state index contributed by atoms with van der Waals surface area (Å²) < 4.78 is 3.30. The van der Waals surface area contributed by atoms with Gasteiger partial charge in [0.2, 0.25) is 0 Å². The molecule has 0 amide bonds. The molecule has 0 aliphatic carbocycles. The third-order valence-corrected chi connectivity index (χ3v) is 3.42. The van der Waals surface area contributed by atoms with Crippen molar-refractivity contribution in [2.45, 2.75) is 32.4 Å². The van der Waals surface area contributed by atoms with Crippen LogP contribution in [0.3, 0.4) is 0 Å². The SMILES string of the molecule is CC(C)(O)CCn1ccc2c(Br)cccc21. The molecule has 0 bridgehead atoms. The average molecular weight is 282 g/mol. The van der Waals surface area contributed by atoms with Crippen molar-refractivity contribution < 1.29 is 5.11 Å². The first-order valence-electron chi connectivity index (χ1n) is 5.43. The van der Waals surface area contributed by atoms with E-state index in [0.29, 0.717) is 0 Å². The van der Waals surface area contributed by atoms with Crippen molar-refractivity contribution in [3.05, 3.63) is 34.9 Å². The van der Waals surface area contributed by atoms with Crippen LogP contribution in [0, 0.1) is 0 Å². The van der Waals surface area contributed by atoms with Gasteiger partial charge in [-0.05, 0) is 38.5 Å². The molecule has 1 heterocycles. The highest BCUT2D eigenvalue weighted by Gasteiger charge is 2.13. The normalized spacial score (nSPS) is 12.2. The van der Waals surface area contributed by atoms with Gasteiger partial charge >= 0.3 is 0 Å². The number of hydrogen-bond acceptors (Lipinski definition) is 1. The second-order valence-electron chi connectivity index (χ2n) is 4.74. The highest BCUT2D eigenvalue weighted by molar-refractivity contribution is 9.10. The van der Waals surface area contributed by atoms with Gasteiger partial charge in [-0.1, -0.05) is 22.0 Å². The standard InChI is InChI=1S/C13H16BrNO/c1-13(2,16)7-9-15-8-6-10-11(14)4-3-5-12(10)15/h3-6,8,16H,7,9H2,1-2H3. The number of rotatable bonds is 3. The molecule has 2 aromatic rings. The van der Waals surface area contributed by atoms with E-state index in [0.717, 1.165) is 17.4 Å². The van der Waals surface area contributed by atoms with Gasteiger partial charge in [-0.15, -0.1) is 0 Å². The Kier molecular flexibility index (Phi) is 3.08. The Morgan fingerprint density at radius 3 is 2.75 bits per heavy atom. The molecule has 0 aliphatic heterocycles. The molecule has 0 saturated heterocycles. The summed E-state index contributed by atoms with van der Waals surface area (Å²) in [4.78, 5) is 0. The molecule has 1 aromatic carbocycles. The molecule has 3 heteroatoms. The highest BCUT2D eigenvalue weighted by atomic mass is 79.9. The molecule has 1 N–H and O–H groups in total. The van der Waals surface area contributed by atoms with Gasteiger partial charge in [-0.25, -0.2) is 0 Å². The third kappa shape index (κ3) is 2.47. The molecular weight excluding hydrogens is 266 g/mol. The fourth-order valence-corrected chi connectivity index (χ4v) is 2.26. The lowest BCUT2D eigenvalue weighted by Crippen LogP contribution is -2.20. The fourth-order valence-electron chi connectivity index (χ4n) is 1.77. The minimum atomic E-state index is -0.609. The van der Waals surface area contributed by atoms with Crippen molar-refractivity contribution in [3.63, 3.8) is 0 Å². The molecule has 0 unspecified atom stereocenters. The van der Waals surface area contributed by atoms with Gasteiger partial charge in [0, 0.05) is 28.1 Å². The first-order chi connectivity index (χ1) is 7.47. The molecule has 2 rings (SSSR count). The average Bonchev–Trinajstić information content (AvgIpc) is 2.58. The maximum Gasteiger partial charge on any atom is 0.0608 e. The number of benzene rings is 1. The number of hydrogen-bond donors (Lipinski definition) is 1. The topological polar surface area (TPSA) is 25.2 Å². The van der Waals surface area contributed by atoms with Gasteiger partial charge in [0.1, 0.15) is 0 Å². The predicted molar refractivity (Wildman–Crippen MR) is 70.6 cm³/mol. The molecule has 86 valence electrons. The molecule has 0 radical (unpaired) electrons. The summed E-state index contributed by atoms with van der Waals surface area (Å²) in [7, 11) is 0. The first-order valence-corrected chi connectivity index (χ1v) is 6.22. The Balaban J connectivity index is 2.29. The zero-order chi connectivity index (χ0) is 11.8. The van der Waals surface area contributed by atoms with E-state index >= 15 is 0 Å². The Morgan fingerprint density at radius 2 is 2.06 bits per heavy atom. The number of fused-ring (bicyclic) bond motifs is 1. The lowest BCUT2D eigenvalue weighted by atomic mass is 10.1. The molecule has 0 aliphatic rings. The van der Waals surface area contributed by atoms with Crippen LogP contribution in [-0.4, -0.2) is 15.3 Å². The molecule has 16 heavy (non-hydrogen) atoms. The zero-order valence-electron chi connectivity index (χ0n) is 9.57. The molecule has 0 fully saturated rings. The second-order valence-corrected chi connectivity index (χ2v) is 5.60. The molecular formula is C13H16BrNO. The van der Waals surface area contributed by atoms with Crippen molar-refractivity contribution in [1.82, 2.24) is 4.57 Å². The molecule has 0 spiro atoms. The van der Waals surface area contributed by atoms with E-state index in [-0.39, 0.29) is 0 Å². The van der Waals surface area contributed by atoms with Crippen LogP contribution < -0.4 is 0 Å². The van der Waals surface area contributed by atoms with E-state index < -0.39 is 5.60 Å². The van der Waals surface area contributed by atoms with E-state index in [2.05, 4.69) is 38.8 Å². The van der Waals surface area contributed by atoms with Gasteiger partial charge in [-0.3, -0.25) is 0 Å². The smallest absolute Gasteiger partial charge is 0.0608 e. The Bertz CT molecular complexity index is 496. The van der Waals surface area contributed by atoms with Gasteiger partial charge in [0.05, 0.1) is 5.60 Å². The molecule has 2 nitrogen and oxygen atoms in total. The van der Waals surface area contributed by atoms with Crippen LogP contribution in [0.5, 0.6) is 0 Å². The van der Waals surface area contributed by atoms with Crippen LogP contribution in [0.2, 0.25) is 0 Å². The summed E-state index contributed by atoms with van der Waals surface area (Å²) in [5.74, 6) is 0. The summed E-state index contributed by atoms with van der Waals surface area (Å²) in [6.45, 7) is 4.52. The maximum absolute atomic E-state index is 9.72. The molecule has 0 saturated carbocycles. The quantitative estimate of drug-likeness (QED) is 0.914. The number of nitrogens with zero attached hydrogens (tertiary/aromatic N) is 1. The van der Waals surface area contributed by atoms with Crippen molar-refractivity contribution in [3.8, 4) is 0 Å². The number of aliphatic hydroxyl groups is 1. The molecule has 1 aromatic heterocycles. The number of aromatic nitrogens is 1. The number of halogens is 1. The maximum atomic E-state index is 9.72. The largest absolute Gasteiger partial charge is 0.390 e. The lowest BCUT2D eigenvalue weighted by molar-refractivity contribution is 0.0666. The predicted octanol–water partition coefficient (Wildman–Crippen LogP) is 3.56. The summed E-state index contributed by atoms with van der Waals surface area (Å²) in [5, 5.41) is 10.9. The van der Waals surface area contributed by atoms with Crippen LogP contribution in [0.25, 0.3) is 10.9 Å². The van der Waals surface area contributed by atoms with Crippen molar-refractivity contribution in [2.75, 3.05) is 0 Å².